The number of hydrogen-bond acceptors (Lipinski definition) is 2. The van der Waals surface area contributed by atoms with Crippen molar-refractivity contribution in [2.75, 3.05) is 0 Å². The molecule has 1 heterocycles. The molecule has 0 atom stereocenters. The zero-order valence-electron chi connectivity index (χ0n) is 29.7. The van der Waals surface area contributed by atoms with Crippen LogP contribution in [0, 0.1) is 0 Å². The monoisotopic (exact) mass is 676 g/mol. The Morgan fingerprint density at radius 3 is 1.66 bits per heavy atom. The molecule has 1 aliphatic rings. The lowest BCUT2D eigenvalue weighted by molar-refractivity contribution is 0.660. The predicted octanol–water partition coefficient (Wildman–Crippen LogP) is 13.4. The highest BCUT2D eigenvalue weighted by Gasteiger charge is 2.36. The second kappa shape index (κ2) is 12.3. The fraction of sp³-hybridized carbons (Fsp3) is 0.0588. The van der Waals surface area contributed by atoms with E-state index in [9.17, 15) is 0 Å². The summed E-state index contributed by atoms with van der Waals surface area (Å²) in [7, 11) is 0. The summed E-state index contributed by atoms with van der Waals surface area (Å²) in [5.74, 6) is 0.706. The molecule has 250 valence electrons. The molecule has 0 unspecified atom stereocenters. The van der Waals surface area contributed by atoms with Crippen LogP contribution in [0.3, 0.4) is 0 Å². The van der Waals surface area contributed by atoms with Crippen LogP contribution in [-0.2, 0) is 5.41 Å². The van der Waals surface area contributed by atoms with Crippen molar-refractivity contribution in [3.05, 3.63) is 193 Å². The number of fused-ring (bicyclic) bond motifs is 5. The zero-order valence-corrected chi connectivity index (χ0v) is 29.7. The molecule has 0 amide bonds. The Labute approximate surface area is 310 Å². The SMILES string of the molecule is CC1(C)c2ccccc2-c2c(-c3ccc(-c4cc(-c5cccc6ccccc56)nc(-c5ccc(-c6ccccc6)cc5)n4)c4ccccc34)cccc21. The predicted molar refractivity (Wildman–Crippen MR) is 222 cm³/mol. The largest absolute Gasteiger partial charge is 0.228 e. The van der Waals surface area contributed by atoms with E-state index in [1.807, 2.05) is 6.07 Å². The van der Waals surface area contributed by atoms with Crippen molar-refractivity contribution in [1.29, 1.82) is 0 Å². The summed E-state index contributed by atoms with van der Waals surface area (Å²) in [4.78, 5) is 10.6. The molecule has 2 heteroatoms. The van der Waals surface area contributed by atoms with Gasteiger partial charge in [-0.25, -0.2) is 9.97 Å². The van der Waals surface area contributed by atoms with Gasteiger partial charge in [0.1, 0.15) is 0 Å². The zero-order chi connectivity index (χ0) is 35.5. The van der Waals surface area contributed by atoms with Crippen LogP contribution < -0.4 is 0 Å². The van der Waals surface area contributed by atoms with Crippen molar-refractivity contribution in [3.8, 4) is 67.3 Å². The van der Waals surface area contributed by atoms with E-state index >= 15 is 0 Å². The van der Waals surface area contributed by atoms with E-state index in [1.54, 1.807) is 0 Å². The third kappa shape index (κ3) is 5.10. The molecule has 0 saturated carbocycles. The molecule has 1 aromatic heterocycles. The maximum absolute atomic E-state index is 5.33. The number of aromatic nitrogens is 2. The van der Waals surface area contributed by atoms with Gasteiger partial charge in [0.05, 0.1) is 11.4 Å². The van der Waals surface area contributed by atoms with E-state index in [2.05, 4.69) is 190 Å². The van der Waals surface area contributed by atoms with Gasteiger partial charge in [0.2, 0.25) is 0 Å². The number of benzene rings is 8. The Hall–Kier alpha value is -6.64. The van der Waals surface area contributed by atoms with E-state index in [0.29, 0.717) is 5.82 Å². The van der Waals surface area contributed by atoms with E-state index in [0.717, 1.165) is 28.1 Å². The van der Waals surface area contributed by atoms with Crippen molar-refractivity contribution >= 4 is 21.5 Å². The van der Waals surface area contributed by atoms with Crippen LogP contribution >= 0.6 is 0 Å². The lowest BCUT2D eigenvalue weighted by Crippen LogP contribution is -2.14. The molecule has 53 heavy (non-hydrogen) atoms. The average Bonchev–Trinajstić information content (AvgIpc) is 3.46. The van der Waals surface area contributed by atoms with Gasteiger partial charge < -0.3 is 0 Å². The Balaban J connectivity index is 1.18. The van der Waals surface area contributed by atoms with E-state index in [1.165, 1.54) is 66.1 Å². The van der Waals surface area contributed by atoms with Gasteiger partial charge in [-0.05, 0) is 72.1 Å². The van der Waals surface area contributed by atoms with Gasteiger partial charge in [-0.15, -0.1) is 0 Å². The van der Waals surface area contributed by atoms with Gasteiger partial charge in [-0.2, -0.15) is 0 Å². The molecule has 0 N–H and O–H groups in total. The first-order valence-electron chi connectivity index (χ1n) is 18.3. The van der Waals surface area contributed by atoms with E-state index in [4.69, 9.17) is 9.97 Å². The minimum absolute atomic E-state index is 0.0631. The highest BCUT2D eigenvalue weighted by atomic mass is 14.9. The van der Waals surface area contributed by atoms with Gasteiger partial charge in [0.25, 0.3) is 0 Å². The molecular weight excluding hydrogens is 641 g/mol. The Bertz CT molecular complexity index is 2840. The quantitative estimate of drug-likeness (QED) is 0.181. The first kappa shape index (κ1) is 31.1. The summed E-state index contributed by atoms with van der Waals surface area (Å²) in [6.07, 6.45) is 0. The second-order valence-corrected chi connectivity index (χ2v) is 14.5. The minimum atomic E-state index is -0.0631. The molecule has 0 spiro atoms. The maximum Gasteiger partial charge on any atom is 0.160 e. The Kier molecular flexibility index (Phi) is 7.19. The Morgan fingerprint density at radius 2 is 0.868 bits per heavy atom. The van der Waals surface area contributed by atoms with Gasteiger partial charge in [0.15, 0.2) is 5.82 Å². The number of rotatable bonds is 5. The molecule has 1 aliphatic carbocycles. The number of nitrogens with zero attached hydrogens (tertiary/aromatic N) is 2. The highest BCUT2D eigenvalue weighted by molar-refractivity contribution is 6.08. The van der Waals surface area contributed by atoms with Gasteiger partial charge >= 0.3 is 0 Å². The van der Waals surface area contributed by atoms with Crippen molar-refractivity contribution in [3.63, 3.8) is 0 Å². The summed E-state index contributed by atoms with van der Waals surface area (Å²) < 4.78 is 0. The van der Waals surface area contributed by atoms with Crippen LogP contribution in [0.15, 0.2) is 182 Å². The highest BCUT2D eigenvalue weighted by Crippen LogP contribution is 2.53. The van der Waals surface area contributed by atoms with Crippen LogP contribution in [0.25, 0.3) is 88.8 Å². The molecule has 0 bridgehead atoms. The van der Waals surface area contributed by atoms with Gasteiger partial charge in [-0.1, -0.05) is 190 Å². The molecule has 9 aromatic rings. The molecule has 0 saturated heterocycles. The van der Waals surface area contributed by atoms with E-state index in [-0.39, 0.29) is 5.41 Å². The van der Waals surface area contributed by atoms with Crippen molar-refractivity contribution in [2.24, 2.45) is 0 Å². The van der Waals surface area contributed by atoms with Crippen LogP contribution in [0.5, 0.6) is 0 Å². The second-order valence-electron chi connectivity index (χ2n) is 14.5. The molecule has 0 aliphatic heterocycles. The fourth-order valence-electron chi connectivity index (χ4n) is 8.48. The molecular formula is C51H36N2. The molecule has 10 rings (SSSR count). The third-order valence-electron chi connectivity index (χ3n) is 11.1. The lowest BCUT2D eigenvalue weighted by atomic mass is 9.81. The molecule has 2 nitrogen and oxygen atoms in total. The average molecular weight is 677 g/mol. The molecule has 8 aromatic carbocycles. The topological polar surface area (TPSA) is 25.8 Å². The lowest BCUT2D eigenvalue weighted by Gasteiger charge is -2.22. The first-order chi connectivity index (χ1) is 26.0. The normalized spacial score (nSPS) is 12.9. The molecule has 0 fully saturated rings. The van der Waals surface area contributed by atoms with Gasteiger partial charge in [0, 0.05) is 22.1 Å². The smallest absolute Gasteiger partial charge is 0.160 e. The maximum atomic E-state index is 5.33. The summed E-state index contributed by atoms with van der Waals surface area (Å²) in [6.45, 7) is 4.69. The first-order valence-corrected chi connectivity index (χ1v) is 18.3. The fourth-order valence-corrected chi connectivity index (χ4v) is 8.48. The Morgan fingerprint density at radius 1 is 0.358 bits per heavy atom. The third-order valence-corrected chi connectivity index (χ3v) is 11.1. The van der Waals surface area contributed by atoms with Crippen LogP contribution in [0.2, 0.25) is 0 Å². The minimum Gasteiger partial charge on any atom is -0.228 e. The van der Waals surface area contributed by atoms with Crippen molar-refractivity contribution in [2.45, 2.75) is 19.3 Å². The van der Waals surface area contributed by atoms with Crippen molar-refractivity contribution < 1.29 is 0 Å². The summed E-state index contributed by atoms with van der Waals surface area (Å²) in [6, 6.07) is 65.3. The standard InChI is InChI=1S/C51H36N2/c1-51(2)45-24-11-10-21-44(45)49-43(23-13-25-46(49)51)40-30-31-42(39-20-9-8-19-38(39)40)48-32-47(41-22-12-17-35-16-6-7-18-37(35)41)52-50(53-48)36-28-26-34(27-29-36)33-14-4-3-5-15-33/h3-32H,1-2H3. The van der Waals surface area contributed by atoms with Crippen LogP contribution in [0.1, 0.15) is 25.0 Å². The van der Waals surface area contributed by atoms with E-state index < -0.39 is 0 Å². The van der Waals surface area contributed by atoms with Crippen LogP contribution in [-0.4, -0.2) is 9.97 Å². The number of hydrogen-bond donors (Lipinski definition) is 0. The summed E-state index contributed by atoms with van der Waals surface area (Å²) >= 11 is 0. The van der Waals surface area contributed by atoms with Crippen LogP contribution in [0.4, 0.5) is 0 Å². The van der Waals surface area contributed by atoms with Crippen molar-refractivity contribution in [1.82, 2.24) is 9.97 Å². The summed E-state index contributed by atoms with van der Waals surface area (Å²) in [5, 5.41) is 4.74. The van der Waals surface area contributed by atoms with Gasteiger partial charge in [-0.3, -0.25) is 0 Å². The summed E-state index contributed by atoms with van der Waals surface area (Å²) in [5.41, 5.74) is 15.2. The molecule has 0 radical (unpaired) electrons.